The van der Waals surface area contributed by atoms with E-state index in [1.807, 2.05) is 84.7 Å². The Hall–Kier alpha value is -4.37. The van der Waals surface area contributed by atoms with Crippen LogP contribution in [0.25, 0.3) is 11.4 Å². The molecule has 2 aromatic carbocycles. The molecule has 0 fully saturated rings. The molecular formula is C26H28N8O. The minimum atomic E-state index is -0.211. The number of hydrogen-bond donors (Lipinski definition) is 3. The van der Waals surface area contributed by atoms with Gasteiger partial charge in [-0.05, 0) is 24.1 Å². The molecule has 2 heterocycles. The van der Waals surface area contributed by atoms with Crippen LogP contribution in [0.2, 0.25) is 0 Å². The quantitative estimate of drug-likeness (QED) is 0.325. The number of nitrogens with two attached hydrogens (primary N) is 1. The fourth-order valence-electron chi connectivity index (χ4n) is 3.55. The Morgan fingerprint density at radius 1 is 0.914 bits per heavy atom. The number of nitrogens with zero attached hydrogens (tertiary/aromatic N) is 5. The van der Waals surface area contributed by atoms with E-state index in [9.17, 15) is 4.79 Å². The van der Waals surface area contributed by atoms with Gasteiger partial charge in [-0.3, -0.25) is 4.79 Å². The van der Waals surface area contributed by atoms with Crippen molar-refractivity contribution in [3.8, 4) is 11.4 Å². The summed E-state index contributed by atoms with van der Waals surface area (Å²) in [5, 5.41) is 6.20. The van der Waals surface area contributed by atoms with Crippen molar-refractivity contribution in [1.29, 1.82) is 0 Å². The van der Waals surface area contributed by atoms with E-state index in [0.717, 1.165) is 11.1 Å². The number of anilines is 3. The number of amides is 1. The van der Waals surface area contributed by atoms with Crippen LogP contribution in [0.4, 0.5) is 17.6 Å². The summed E-state index contributed by atoms with van der Waals surface area (Å²) in [6.07, 6.45) is 4.11. The molecule has 0 aliphatic heterocycles. The van der Waals surface area contributed by atoms with E-state index >= 15 is 0 Å². The molecule has 4 aromatic rings. The maximum absolute atomic E-state index is 11.7. The normalized spacial score (nSPS) is 11.5. The summed E-state index contributed by atoms with van der Waals surface area (Å²) >= 11 is 0. The largest absolute Gasteiger partial charge is 0.353 e. The van der Waals surface area contributed by atoms with Gasteiger partial charge >= 0.3 is 0 Å². The average Bonchev–Trinajstić information content (AvgIpc) is 2.92. The Morgan fingerprint density at radius 3 is 2.29 bits per heavy atom. The molecule has 0 aliphatic carbocycles. The molecule has 9 nitrogen and oxygen atoms in total. The summed E-state index contributed by atoms with van der Waals surface area (Å²) in [6.45, 7) is 0.333. The van der Waals surface area contributed by atoms with E-state index in [-0.39, 0.29) is 18.5 Å². The zero-order valence-corrected chi connectivity index (χ0v) is 19.5. The first-order valence-electron chi connectivity index (χ1n) is 11.3. The van der Waals surface area contributed by atoms with Crippen molar-refractivity contribution >= 4 is 23.5 Å². The molecule has 0 saturated carbocycles. The van der Waals surface area contributed by atoms with E-state index in [1.54, 1.807) is 12.4 Å². The van der Waals surface area contributed by atoms with Crippen LogP contribution in [0.15, 0.2) is 85.2 Å². The number of nitrogens with one attached hydrogen (secondary N) is 2. The molecule has 35 heavy (non-hydrogen) atoms. The average molecular weight is 469 g/mol. The van der Waals surface area contributed by atoms with Crippen LogP contribution in [0.5, 0.6) is 0 Å². The summed E-state index contributed by atoms with van der Waals surface area (Å²) in [7, 11) is 1.89. The Bertz CT molecular complexity index is 1240. The molecular weight excluding hydrogens is 440 g/mol. The van der Waals surface area contributed by atoms with Crippen LogP contribution in [-0.4, -0.2) is 52.0 Å². The first-order chi connectivity index (χ1) is 17.1. The van der Waals surface area contributed by atoms with Crippen molar-refractivity contribution in [3.05, 3.63) is 90.8 Å². The van der Waals surface area contributed by atoms with Crippen molar-refractivity contribution < 1.29 is 4.79 Å². The van der Waals surface area contributed by atoms with Gasteiger partial charge in [0, 0.05) is 31.5 Å². The summed E-state index contributed by atoms with van der Waals surface area (Å²) < 4.78 is 0. The van der Waals surface area contributed by atoms with Gasteiger partial charge in [-0.15, -0.1) is 0 Å². The predicted octanol–water partition coefficient (Wildman–Crippen LogP) is 2.80. The van der Waals surface area contributed by atoms with Crippen molar-refractivity contribution in [1.82, 2.24) is 25.3 Å². The van der Waals surface area contributed by atoms with Crippen LogP contribution in [0, 0.1) is 0 Å². The van der Waals surface area contributed by atoms with E-state index in [0.29, 0.717) is 36.4 Å². The Kier molecular flexibility index (Phi) is 7.92. The molecule has 9 heteroatoms. The van der Waals surface area contributed by atoms with Gasteiger partial charge in [0.2, 0.25) is 11.9 Å². The molecule has 2 aromatic heterocycles. The number of aromatic nitrogens is 4. The highest BCUT2D eigenvalue weighted by atomic mass is 16.1. The third kappa shape index (κ3) is 6.58. The number of carbonyl (C=O) groups is 1. The Balaban J connectivity index is 1.52. The SMILES string of the molecule is CN(c1ccnc(NC(CNC(=O)CN)Cc2ccccc2)n1)c1ccnc(-c2ccccc2)n1. The minimum Gasteiger partial charge on any atom is -0.353 e. The fraction of sp³-hybridized carbons (Fsp3) is 0.192. The van der Waals surface area contributed by atoms with Gasteiger partial charge in [-0.2, -0.15) is 4.98 Å². The van der Waals surface area contributed by atoms with Gasteiger partial charge in [0.05, 0.1) is 12.6 Å². The van der Waals surface area contributed by atoms with Gasteiger partial charge in [0.1, 0.15) is 11.6 Å². The molecule has 4 rings (SSSR count). The second kappa shape index (κ2) is 11.7. The first-order valence-corrected chi connectivity index (χ1v) is 11.3. The van der Waals surface area contributed by atoms with Crippen LogP contribution in [0.1, 0.15) is 5.56 Å². The molecule has 1 atom stereocenters. The maximum Gasteiger partial charge on any atom is 0.233 e. The molecule has 0 radical (unpaired) electrons. The summed E-state index contributed by atoms with van der Waals surface area (Å²) in [5.41, 5.74) is 7.52. The number of carbonyl (C=O) groups excluding carboxylic acids is 1. The molecule has 178 valence electrons. The number of hydrogen-bond acceptors (Lipinski definition) is 8. The summed E-state index contributed by atoms with van der Waals surface area (Å²) in [4.78, 5) is 31.8. The highest BCUT2D eigenvalue weighted by molar-refractivity contribution is 5.77. The zero-order chi connectivity index (χ0) is 24.5. The maximum atomic E-state index is 11.7. The lowest BCUT2D eigenvalue weighted by molar-refractivity contribution is -0.119. The van der Waals surface area contributed by atoms with E-state index in [1.165, 1.54) is 0 Å². The second-order valence-electron chi connectivity index (χ2n) is 7.94. The summed E-state index contributed by atoms with van der Waals surface area (Å²) in [6, 6.07) is 23.4. The van der Waals surface area contributed by atoms with Gasteiger partial charge < -0.3 is 21.3 Å². The molecule has 4 N–H and O–H groups in total. The van der Waals surface area contributed by atoms with Crippen LogP contribution in [-0.2, 0) is 11.2 Å². The molecule has 0 spiro atoms. The highest BCUT2D eigenvalue weighted by Crippen LogP contribution is 2.23. The van der Waals surface area contributed by atoms with E-state index in [4.69, 9.17) is 10.7 Å². The molecule has 1 unspecified atom stereocenters. The Morgan fingerprint density at radius 2 is 1.57 bits per heavy atom. The summed E-state index contributed by atoms with van der Waals surface area (Å²) in [5.74, 6) is 2.26. The predicted molar refractivity (Wildman–Crippen MR) is 137 cm³/mol. The van der Waals surface area contributed by atoms with Crippen LogP contribution < -0.4 is 21.3 Å². The second-order valence-corrected chi connectivity index (χ2v) is 7.94. The zero-order valence-electron chi connectivity index (χ0n) is 19.5. The Labute approximate surface area is 204 Å². The third-order valence-corrected chi connectivity index (χ3v) is 5.39. The third-order valence-electron chi connectivity index (χ3n) is 5.39. The van der Waals surface area contributed by atoms with Crippen molar-refractivity contribution in [3.63, 3.8) is 0 Å². The van der Waals surface area contributed by atoms with Crippen LogP contribution in [0.3, 0.4) is 0 Å². The van der Waals surface area contributed by atoms with Gasteiger partial charge in [0.15, 0.2) is 5.82 Å². The van der Waals surface area contributed by atoms with Crippen molar-refractivity contribution in [2.45, 2.75) is 12.5 Å². The number of benzene rings is 2. The van der Waals surface area contributed by atoms with Crippen molar-refractivity contribution in [2.24, 2.45) is 5.73 Å². The minimum absolute atomic E-state index is 0.0568. The number of rotatable bonds is 10. The molecule has 0 bridgehead atoms. The lowest BCUT2D eigenvalue weighted by atomic mass is 10.1. The van der Waals surface area contributed by atoms with Gasteiger partial charge in [-0.1, -0.05) is 60.7 Å². The van der Waals surface area contributed by atoms with Gasteiger partial charge in [0.25, 0.3) is 0 Å². The standard InChI is InChI=1S/C26H28N8O/c1-34(22-12-14-28-25(32-22)20-10-6-3-7-11-20)23-13-15-29-26(33-23)31-21(18-30-24(35)17-27)16-19-8-4-2-5-9-19/h2-15,21H,16-18,27H2,1H3,(H,30,35)(H,29,31,33). The van der Waals surface area contributed by atoms with Gasteiger partial charge in [-0.25, -0.2) is 15.0 Å². The highest BCUT2D eigenvalue weighted by Gasteiger charge is 2.15. The lowest BCUT2D eigenvalue weighted by Crippen LogP contribution is -2.40. The monoisotopic (exact) mass is 468 g/mol. The fourth-order valence-corrected chi connectivity index (χ4v) is 3.55. The van der Waals surface area contributed by atoms with Crippen molar-refractivity contribution in [2.75, 3.05) is 30.4 Å². The smallest absolute Gasteiger partial charge is 0.233 e. The lowest BCUT2D eigenvalue weighted by Gasteiger charge is -2.21. The topological polar surface area (TPSA) is 122 Å². The molecule has 1 amide bonds. The van der Waals surface area contributed by atoms with E-state index in [2.05, 4.69) is 25.6 Å². The molecule has 0 saturated heterocycles. The molecule has 0 aliphatic rings. The van der Waals surface area contributed by atoms with E-state index < -0.39 is 0 Å². The van der Waals surface area contributed by atoms with Crippen LogP contribution >= 0.6 is 0 Å². The first kappa shape index (κ1) is 23.8.